The zero-order valence-corrected chi connectivity index (χ0v) is 19.1. The zero-order valence-electron chi connectivity index (χ0n) is 19.1. The maximum absolute atomic E-state index is 11.2. The van der Waals surface area contributed by atoms with Crippen LogP contribution in [0.4, 0.5) is 11.5 Å². The number of aliphatic carboxylic acids is 1. The highest BCUT2D eigenvalue weighted by atomic mass is 16.4. The summed E-state index contributed by atoms with van der Waals surface area (Å²) in [6.07, 6.45) is 8.47. The van der Waals surface area contributed by atoms with Crippen LogP contribution in [0.1, 0.15) is 64.9 Å². The van der Waals surface area contributed by atoms with E-state index in [4.69, 9.17) is 4.98 Å². The summed E-state index contributed by atoms with van der Waals surface area (Å²) in [5, 5.41) is 10.4. The number of likely N-dealkylation sites (N-methyl/N-ethyl adjacent to an activating group) is 1. The number of benzene rings is 1. The number of nitrogens with zero attached hydrogens (tertiary/aromatic N) is 3. The van der Waals surface area contributed by atoms with Crippen LogP contribution >= 0.6 is 0 Å². The van der Waals surface area contributed by atoms with Crippen LogP contribution in [0, 0.1) is 5.41 Å². The van der Waals surface area contributed by atoms with Crippen LogP contribution in [0.25, 0.3) is 10.9 Å². The largest absolute Gasteiger partial charge is 0.480 e. The van der Waals surface area contributed by atoms with Crippen LogP contribution in [0.5, 0.6) is 0 Å². The second kappa shape index (κ2) is 9.67. The van der Waals surface area contributed by atoms with E-state index in [1.807, 2.05) is 0 Å². The van der Waals surface area contributed by atoms with Gasteiger partial charge in [0.25, 0.3) is 0 Å². The Kier molecular flexibility index (Phi) is 7.22. The lowest BCUT2D eigenvalue weighted by atomic mass is 9.82. The molecule has 1 aromatic carbocycles. The molecule has 2 aromatic rings. The minimum absolute atomic E-state index is 0.0551. The third-order valence-electron chi connectivity index (χ3n) is 6.38. The van der Waals surface area contributed by atoms with Gasteiger partial charge < -0.3 is 14.9 Å². The van der Waals surface area contributed by atoms with E-state index in [1.165, 1.54) is 42.3 Å². The van der Waals surface area contributed by atoms with Crippen molar-refractivity contribution in [2.24, 2.45) is 5.41 Å². The number of piperidine rings is 1. The van der Waals surface area contributed by atoms with Gasteiger partial charge in [0.2, 0.25) is 0 Å². The molecular weight excluding hydrogens is 374 g/mol. The maximum atomic E-state index is 11.2. The van der Waals surface area contributed by atoms with E-state index in [1.54, 1.807) is 11.9 Å². The first-order chi connectivity index (χ1) is 14.3. The van der Waals surface area contributed by atoms with E-state index in [0.717, 1.165) is 43.7 Å². The van der Waals surface area contributed by atoms with Gasteiger partial charge in [-0.3, -0.25) is 4.79 Å². The van der Waals surface area contributed by atoms with Crippen LogP contribution in [0.3, 0.4) is 0 Å². The summed E-state index contributed by atoms with van der Waals surface area (Å²) in [7, 11) is 1.80. The predicted octanol–water partition coefficient (Wildman–Crippen LogP) is 5.50. The van der Waals surface area contributed by atoms with Crippen LogP contribution in [-0.4, -0.2) is 42.7 Å². The number of hydrogen-bond acceptors (Lipinski definition) is 4. The molecule has 0 atom stereocenters. The minimum Gasteiger partial charge on any atom is -0.480 e. The second-order valence-corrected chi connectivity index (χ2v) is 9.56. The third kappa shape index (κ3) is 5.65. The van der Waals surface area contributed by atoms with Crippen molar-refractivity contribution in [2.75, 3.05) is 36.5 Å². The fourth-order valence-corrected chi connectivity index (χ4v) is 4.25. The number of carboxylic acids is 1. The molecule has 164 valence electrons. The van der Waals surface area contributed by atoms with Crippen molar-refractivity contribution in [3.8, 4) is 0 Å². The fourth-order valence-electron chi connectivity index (χ4n) is 4.25. The minimum atomic E-state index is -0.844. The van der Waals surface area contributed by atoms with Gasteiger partial charge in [0.05, 0.1) is 5.52 Å². The highest BCUT2D eigenvalue weighted by Crippen LogP contribution is 2.36. The van der Waals surface area contributed by atoms with Crippen LogP contribution in [-0.2, 0) is 11.2 Å². The molecule has 0 saturated carbocycles. The van der Waals surface area contributed by atoms with Crippen molar-refractivity contribution in [2.45, 2.75) is 65.7 Å². The molecule has 1 aromatic heterocycles. The average molecular weight is 412 g/mol. The van der Waals surface area contributed by atoms with E-state index in [9.17, 15) is 9.90 Å². The topological polar surface area (TPSA) is 56.7 Å². The Bertz CT molecular complexity index is 868. The molecule has 1 aliphatic rings. The molecule has 0 unspecified atom stereocenters. The normalized spacial score (nSPS) is 16.1. The molecule has 0 aliphatic carbocycles. The van der Waals surface area contributed by atoms with Crippen molar-refractivity contribution in [1.82, 2.24) is 4.98 Å². The van der Waals surface area contributed by atoms with E-state index < -0.39 is 5.97 Å². The molecule has 1 N–H and O–H groups in total. The van der Waals surface area contributed by atoms with Gasteiger partial charge in [0, 0.05) is 37.3 Å². The van der Waals surface area contributed by atoms with E-state index >= 15 is 0 Å². The molecule has 5 nitrogen and oxygen atoms in total. The monoisotopic (exact) mass is 411 g/mol. The molecule has 0 amide bonds. The standard InChI is InChI=1S/C25H37N3O2/c1-5-6-7-8-9-19-10-11-21-20(16-19)22(28-14-12-25(2,3)13-15-28)17-23(26-21)27(4)18-24(29)30/h10-11,16-17H,5-9,12-15,18H2,1-4H3,(H,29,30). The molecule has 0 radical (unpaired) electrons. The van der Waals surface area contributed by atoms with Gasteiger partial charge in [-0.25, -0.2) is 4.98 Å². The molecule has 5 heteroatoms. The Morgan fingerprint density at radius 3 is 2.57 bits per heavy atom. The van der Waals surface area contributed by atoms with Gasteiger partial charge in [0.15, 0.2) is 0 Å². The van der Waals surface area contributed by atoms with Crippen molar-refractivity contribution in [1.29, 1.82) is 0 Å². The Hall–Kier alpha value is -2.30. The van der Waals surface area contributed by atoms with Gasteiger partial charge in [-0.05, 0) is 48.8 Å². The maximum Gasteiger partial charge on any atom is 0.323 e. The summed E-state index contributed by atoms with van der Waals surface area (Å²) >= 11 is 0. The first-order valence-corrected chi connectivity index (χ1v) is 11.4. The number of hydrogen-bond donors (Lipinski definition) is 1. The summed E-state index contributed by atoms with van der Waals surface area (Å²) in [6, 6.07) is 8.69. The summed E-state index contributed by atoms with van der Waals surface area (Å²) in [6.45, 7) is 8.92. The van der Waals surface area contributed by atoms with Crippen LogP contribution in [0.15, 0.2) is 24.3 Å². The lowest BCUT2D eigenvalue weighted by molar-refractivity contribution is -0.135. The molecule has 1 aliphatic heterocycles. The Labute approximate surface area is 181 Å². The van der Waals surface area contributed by atoms with Gasteiger partial charge in [-0.1, -0.05) is 46.1 Å². The Morgan fingerprint density at radius 2 is 1.90 bits per heavy atom. The van der Waals surface area contributed by atoms with Gasteiger partial charge in [-0.2, -0.15) is 0 Å². The number of aryl methyl sites for hydroxylation is 1. The molecule has 1 saturated heterocycles. The van der Waals surface area contributed by atoms with Crippen molar-refractivity contribution < 1.29 is 9.90 Å². The molecule has 2 heterocycles. The highest BCUT2D eigenvalue weighted by molar-refractivity contribution is 5.94. The molecule has 1 fully saturated rings. The first kappa shape index (κ1) is 22.4. The van der Waals surface area contributed by atoms with Crippen LogP contribution < -0.4 is 9.80 Å². The summed E-state index contributed by atoms with van der Waals surface area (Å²) in [5.74, 6) is -0.122. The van der Waals surface area contributed by atoms with E-state index in [-0.39, 0.29) is 6.54 Å². The zero-order chi connectivity index (χ0) is 21.7. The van der Waals surface area contributed by atoms with Gasteiger partial charge >= 0.3 is 5.97 Å². The first-order valence-electron chi connectivity index (χ1n) is 11.4. The number of fused-ring (bicyclic) bond motifs is 1. The van der Waals surface area contributed by atoms with Crippen molar-refractivity contribution in [3.63, 3.8) is 0 Å². The van der Waals surface area contributed by atoms with Gasteiger partial charge in [0.1, 0.15) is 12.4 Å². The number of unbranched alkanes of at least 4 members (excludes halogenated alkanes) is 3. The van der Waals surface area contributed by atoms with Gasteiger partial charge in [-0.15, -0.1) is 0 Å². The number of carboxylic acid groups (broad SMARTS) is 1. The number of rotatable bonds is 9. The smallest absolute Gasteiger partial charge is 0.323 e. The Morgan fingerprint density at radius 1 is 1.17 bits per heavy atom. The molecular formula is C25H37N3O2. The Balaban J connectivity index is 1.95. The molecule has 0 spiro atoms. The quantitative estimate of drug-likeness (QED) is 0.552. The average Bonchev–Trinajstić information content (AvgIpc) is 2.70. The summed E-state index contributed by atoms with van der Waals surface area (Å²) < 4.78 is 0. The molecule has 0 bridgehead atoms. The fraction of sp³-hybridized carbons (Fsp3) is 0.600. The molecule has 30 heavy (non-hydrogen) atoms. The van der Waals surface area contributed by atoms with Crippen LogP contribution in [0.2, 0.25) is 0 Å². The summed E-state index contributed by atoms with van der Waals surface area (Å²) in [4.78, 5) is 20.2. The summed E-state index contributed by atoms with van der Waals surface area (Å²) in [5.41, 5.74) is 3.89. The van der Waals surface area contributed by atoms with Crippen molar-refractivity contribution in [3.05, 3.63) is 29.8 Å². The number of pyridine rings is 1. The number of aromatic nitrogens is 1. The van der Waals surface area contributed by atoms with E-state index in [0.29, 0.717) is 5.41 Å². The number of anilines is 2. The van der Waals surface area contributed by atoms with Crippen molar-refractivity contribution >= 4 is 28.4 Å². The molecule has 3 rings (SSSR count). The van der Waals surface area contributed by atoms with E-state index in [2.05, 4.69) is 49.9 Å². The lowest BCUT2D eigenvalue weighted by Gasteiger charge is -2.39. The lowest BCUT2D eigenvalue weighted by Crippen LogP contribution is -2.37. The highest BCUT2D eigenvalue weighted by Gasteiger charge is 2.27. The SMILES string of the molecule is CCCCCCc1ccc2nc(N(C)CC(=O)O)cc(N3CCC(C)(C)CC3)c2c1. The third-order valence-corrected chi connectivity index (χ3v) is 6.38. The predicted molar refractivity (Wildman–Crippen MR) is 126 cm³/mol. The second-order valence-electron chi connectivity index (χ2n) is 9.56. The number of carbonyl (C=O) groups is 1.